The molecule has 2 fully saturated rings. The van der Waals surface area contributed by atoms with Gasteiger partial charge in [-0.15, -0.1) is 0 Å². The molecule has 0 unspecified atom stereocenters. The van der Waals surface area contributed by atoms with Crippen LogP contribution in [0.1, 0.15) is 37.3 Å². The molecule has 0 bridgehead atoms. The van der Waals surface area contributed by atoms with Gasteiger partial charge in [0.2, 0.25) is 11.8 Å². The first-order valence-corrected chi connectivity index (χ1v) is 11.0. The Morgan fingerprint density at radius 3 is 2.84 bits per heavy atom. The largest absolute Gasteiger partial charge is 0.370 e. The molecule has 4 rings (SSSR count). The quantitative estimate of drug-likeness (QED) is 0.657. The van der Waals surface area contributed by atoms with E-state index in [2.05, 4.69) is 10.3 Å². The van der Waals surface area contributed by atoms with Crippen molar-refractivity contribution in [1.29, 1.82) is 0 Å². The van der Waals surface area contributed by atoms with E-state index in [-0.39, 0.29) is 24.3 Å². The summed E-state index contributed by atoms with van der Waals surface area (Å²) in [6, 6.07) is 11.6. The lowest BCUT2D eigenvalue weighted by molar-refractivity contribution is -0.137. The number of nitrogens with one attached hydrogen (secondary N) is 1. The van der Waals surface area contributed by atoms with Crippen LogP contribution in [0.2, 0.25) is 0 Å². The van der Waals surface area contributed by atoms with Gasteiger partial charge in [-0.3, -0.25) is 9.59 Å². The van der Waals surface area contributed by atoms with Gasteiger partial charge in [0.1, 0.15) is 18.2 Å². The van der Waals surface area contributed by atoms with Crippen molar-refractivity contribution in [3.8, 4) is 0 Å². The van der Waals surface area contributed by atoms with Crippen LogP contribution < -0.4 is 5.32 Å². The number of anilines is 2. The van der Waals surface area contributed by atoms with Crippen molar-refractivity contribution in [2.75, 3.05) is 44.7 Å². The summed E-state index contributed by atoms with van der Waals surface area (Å²) < 4.78 is 5.57. The van der Waals surface area contributed by atoms with Crippen LogP contribution in [0.5, 0.6) is 0 Å². The van der Waals surface area contributed by atoms with Gasteiger partial charge in [0.25, 0.3) is 0 Å². The van der Waals surface area contributed by atoms with Crippen molar-refractivity contribution in [3.63, 3.8) is 0 Å². The Kier molecular flexibility index (Phi) is 7.09. The van der Waals surface area contributed by atoms with Gasteiger partial charge in [0.05, 0.1) is 6.61 Å². The van der Waals surface area contributed by atoms with E-state index in [1.807, 2.05) is 41.3 Å². The number of hydrogen-bond donors (Lipinski definition) is 1. The van der Waals surface area contributed by atoms with Gasteiger partial charge in [0, 0.05) is 50.4 Å². The van der Waals surface area contributed by atoms with Crippen molar-refractivity contribution in [2.24, 2.45) is 0 Å². The van der Waals surface area contributed by atoms with E-state index >= 15 is 0 Å². The standard InChI is InChI=1S/C23H29N5O3/c29-22-10-5-12-27(22)14-15-31-17-23(30)28-13-4-6-18(16-28)19-7-3-9-21(25-19)26-20-8-1-2-11-24-20/h1-3,7-9,11,18H,4-6,10,12-17H2,(H,24,25,26)/t18-/m0/s1. The van der Waals surface area contributed by atoms with E-state index < -0.39 is 0 Å². The summed E-state index contributed by atoms with van der Waals surface area (Å²) in [5, 5.41) is 3.23. The molecular formula is C23H29N5O3. The smallest absolute Gasteiger partial charge is 0.248 e. The van der Waals surface area contributed by atoms with Crippen molar-refractivity contribution in [3.05, 3.63) is 48.3 Å². The SMILES string of the molecule is O=C1CCCN1CCOCC(=O)N1CCC[C@H](c2cccc(Nc3ccccn3)n2)C1. The molecule has 0 aromatic carbocycles. The minimum Gasteiger partial charge on any atom is -0.370 e. The van der Waals surface area contributed by atoms with Gasteiger partial charge in [-0.1, -0.05) is 12.1 Å². The second kappa shape index (κ2) is 10.3. The first-order chi connectivity index (χ1) is 15.2. The Morgan fingerprint density at radius 1 is 1.13 bits per heavy atom. The molecule has 4 heterocycles. The van der Waals surface area contributed by atoms with Crippen LogP contribution in [0.25, 0.3) is 0 Å². The molecule has 1 N–H and O–H groups in total. The van der Waals surface area contributed by atoms with Crippen molar-refractivity contribution in [2.45, 2.75) is 31.6 Å². The number of amides is 2. The molecule has 2 aromatic rings. The summed E-state index contributed by atoms with van der Waals surface area (Å²) in [6.07, 6.45) is 5.22. The molecule has 0 spiro atoms. The second-order valence-electron chi connectivity index (χ2n) is 8.00. The zero-order valence-electron chi connectivity index (χ0n) is 17.7. The molecule has 8 heteroatoms. The third kappa shape index (κ3) is 5.79. The Morgan fingerprint density at radius 2 is 2.03 bits per heavy atom. The normalized spacial score (nSPS) is 19.0. The highest BCUT2D eigenvalue weighted by Crippen LogP contribution is 2.27. The monoisotopic (exact) mass is 423 g/mol. The number of piperidine rings is 1. The van der Waals surface area contributed by atoms with Gasteiger partial charge in [0.15, 0.2) is 0 Å². The molecule has 1 atom stereocenters. The molecule has 0 saturated carbocycles. The summed E-state index contributed by atoms with van der Waals surface area (Å²) in [6.45, 7) is 3.21. The van der Waals surface area contributed by atoms with E-state index in [0.29, 0.717) is 26.1 Å². The van der Waals surface area contributed by atoms with Crippen LogP contribution in [0.15, 0.2) is 42.6 Å². The number of rotatable bonds is 8. The van der Waals surface area contributed by atoms with Crippen molar-refractivity contribution < 1.29 is 14.3 Å². The van der Waals surface area contributed by atoms with Crippen molar-refractivity contribution in [1.82, 2.24) is 19.8 Å². The summed E-state index contributed by atoms with van der Waals surface area (Å²) in [4.78, 5) is 37.0. The van der Waals surface area contributed by atoms with Gasteiger partial charge in [-0.25, -0.2) is 9.97 Å². The summed E-state index contributed by atoms with van der Waals surface area (Å²) in [7, 11) is 0. The summed E-state index contributed by atoms with van der Waals surface area (Å²) in [5.74, 6) is 1.88. The molecule has 0 radical (unpaired) electrons. The summed E-state index contributed by atoms with van der Waals surface area (Å²) >= 11 is 0. The fourth-order valence-corrected chi connectivity index (χ4v) is 4.13. The highest BCUT2D eigenvalue weighted by atomic mass is 16.5. The van der Waals surface area contributed by atoms with Crippen LogP contribution in [0.3, 0.4) is 0 Å². The van der Waals surface area contributed by atoms with E-state index in [9.17, 15) is 9.59 Å². The molecule has 2 saturated heterocycles. The van der Waals surface area contributed by atoms with Crippen LogP contribution >= 0.6 is 0 Å². The Labute approximate surface area is 182 Å². The molecule has 2 aromatic heterocycles. The predicted molar refractivity (Wildman–Crippen MR) is 117 cm³/mol. The van der Waals surface area contributed by atoms with E-state index in [0.717, 1.165) is 49.7 Å². The van der Waals surface area contributed by atoms with Gasteiger partial charge < -0.3 is 19.9 Å². The lowest BCUT2D eigenvalue weighted by atomic mass is 9.94. The number of nitrogens with zero attached hydrogens (tertiary/aromatic N) is 4. The number of pyridine rings is 2. The van der Waals surface area contributed by atoms with Crippen LogP contribution in [0, 0.1) is 0 Å². The molecular weight excluding hydrogens is 394 g/mol. The fraction of sp³-hybridized carbons (Fsp3) is 0.478. The lowest BCUT2D eigenvalue weighted by Crippen LogP contribution is -2.41. The second-order valence-corrected chi connectivity index (χ2v) is 8.00. The van der Waals surface area contributed by atoms with Crippen LogP contribution in [0.4, 0.5) is 11.6 Å². The lowest BCUT2D eigenvalue weighted by Gasteiger charge is -2.32. The fourth-order valence-electron chi connectivity index (χ4n) is 4.13. The Balaban J connectivity index is 1.27. The molecule has 164 valence electrons. The first-order valence-electron chi connectivity index (χ1n) is 11.0. The molecule has 2 aliphatic heterocycles. The molecule has 2 aliphatic rings. The number of carbonyl (C=O) groups excluding carboxylic acids is 2. The zero-order chi connectivity index (χ0) is 21.5. The number of hydrogen-bond acceptors (Lipinski definition) is 6. The van der Waals surface area contributed by atoms with E-state index in [1.54, 1.807) is 11.1 Å². The average molecular weight is 424 g/mol. The highest BCUT2D eigenvalue weighted by Gasteiger charge is 2.26. The topological polar surface area (TPSA) is 87.7 Å². The third-order valence-electron chi connectivity index (χ3n) is 5.79. The molecule has 8 nitrogen and oxygen atoms in total. The zero-order valence-corrected chi connectivity index (χ0v) is 17.7. The predicted octanol–water partition coefficient (Wildman–Crippen LogP) is 2.57. The van der Waals surface area contributed by atoms with Gasteiger partial charge in [-0.2, -0.15) is 0 Å². The van der Waals surface area contributed by atoms with E-state index in [4.69, 9.17) is 9.72 Å². The highest BCUT2D eigenvalue weighted by molar-refractivity contribution is 5.78. The minimum absolute atomic E-state index is 0.000198. The van der Waals surface area contributed by atoms with E-state index in [1.165, 1.54) is 0 Å². The molecule has 2 amide bonds. The maximum atomic E-state index is 12.6. The number of carbonyl (C=O) groups is 2. The van der Waals surface area contributed by atoms with Gasteiger partial charge in [-0.05, 0) is 43.5 Å². The maximum Gasteiger partial charge on any atom is 0.248 e. The first kappa shape index (κ1) is 21.2. The third-order valence-corrected chi connectivity index (χ3v) is 5.79. The Hall–Kier alpha value is -3.00. The molecule has 31 heavy (non-hydrogen) atoms. The van der Waals surface area contributed by atoms with Crippen LogP contribution in [-0.2, 0) is 14.3 Å². The number of likely N-dealkylation sites (tertiary alicyclic amines) is 2. The minimum atomic E-state index is 0.000198. The van der Waals surface area contributed by atoms with Crippen LogP contribution in [-0.4, -0.2) is 71.0 Å². The molecule has 0 aliphatic carbocycles. The number of aromatic nitrogens is 2. The maximum absolute atomic E-state index is 12.6. The number of ether oxygens (including phenoxy) is 1. The average Bonchev–Trinajstić information content (AvgIpc) is 3.22. The van der Waals surface area contributed by atoms with Gasteiger partial charge >= 0.3 is 0 Å². The van der Waals surface area contributed by atoms with Crippen molar-refractivity contribution >= 4 is 23.5 Å². The Bertz CT molecular complexity index is 892. The summed E-state index contributed by atoms with van der Waals surface area (Å²) in [5.41, 5.74) is 0.979.